The van der Waals surface area contributed by atoms with Gasteiger partial charge in [-0.3, -0.25) is 9.59 Å². The van der Waals surface area contributed by atoms with E-state index >= 15 is 0 Å². The zero-order chi connectivity index (χ0) is 16.0. The number of amides is 2. The number of aromatic carboxylic acids is 1. The SMILES string of the molecule is CCNC(=O)CCNC(=O)c1cc(F)c(F)cc1C(=O)O. The number of carbonyl (C=O) groups excluding carboxylic acids is 2. The molecule has 0 bridgehead atoms. The average Bonchev–Trinajstić information content (AvgIpc) is 2.41. The van der Waals surface area contributed by atoms with E-state index in [-0.39, 0.29) is 18.9 Å². The van der Waals surface area contributed by atoms with Gasteiger partial charge in [0.15, 0.2) is 11.6 Å². The summed E-state index contributed by atoms with van der Waals surface area (Å²) >= 11 is 0. The molecule has 0 spiro atoms. The maximum absolute atomic E-state index is 13.1. The molecule has 0 heterocycles. The van der Waals surface area contributed by atoms with E-state index in [0.717, 1.165) is 0 Å². The summed E-state index contributed by atoms with van der Waals surface area (Å²) in [7, 11) is 0. The Hall–Kier alpha value is -2.51. The number of benzene rings is 1. The van der Waals surface area contributed by atoms with Crippen LogP contribution in [0.1, 0.15) is 34.1 Å². The normalized spacial score (nSPS) is 10.0. The van der Waals surface area contributed by atoms with E-state index < -0.39 is 34.6 Å². The molecule has 0 aromatic heterocycles. The highest BCUT2D eigenvalue weighted by molar-refractivity contribution is 6.04. The third-order valence-electron chi connectivity index (χ3n) is 2.55. The molecule has 114 valence electrons. The summed E-state index contributed by atoms with van der Waals surface area (Å²) in [5.74, 6) is -5.42. The predicted molar refractivity (Wildman–Crippen MR) is 69.0 cm³/mol. The lowest BCUT2D eigenvalue weighted by Gasteiger charge is -2.08. The summed E-state index contributed by atoms with van der Waals surface area (Å²) in [6, 6.07) is 0.955. The fourth-order valence-corrected chi connectivity index (χ4v) is 1.58. The van der Waals surface area contributed by atoms with Crippen LogP contribution >= 0.6 is 0 Å². The number of hydrogen-bond donors (Lipinski definition) is 3. The first-order valence-corrected chi connectivity index (χ1v) is 6.14. The van der Waals surface area contributed by atoms with Crippen LogP contribution in [0.15, 0.2) is 12.1 Å². The van der Waals surface area contributed by atoms with Gasteiger partial charge in [0.1, 0.15) is 0 Å². The molecule has 0 fully saturated rings. The number of carboxylic acids is 1. The lowest BCUT2D eigenvalue weighted by Crippen LogP contribution is -2.31. The van der Waals surface area contributed by atoms with E-state index in [2.05, 4.69) is 10.6 Å². The molecule has 0 aliphatic rings. The zero-order valence-corrected chi connectivity index (χ0v) is 11.2. The Morgan fingerprint density at radius 3 is 2.19 bits per heavy atom. The molecule has 0 aliphatic carbocycles. The van der Waals surface area contributed by atoms with Crippen LogP contribution in [-0.4, -0.2) is 36.0 Å². The minimum Gasteiger partial charge on any atom is -0.478 e. The molecular formula is C13H14F2N2O4. The van der Waals surface area contributed by atoms with Crippen molar-refractivity contribution < 1.29 is 28.3 Å². The van der Waals surface area contributed by atoms with E-state index in [0.29, 0.717) is 18.7 Å². The van der Waals surface area contributed by atoms with Crippen LogP contribution in [0.4, 0.5) is 8.78 Å². The molecule has 3 N–H and O–H groups in total. The number of carbonyl (C=O) groups is 3. The molecule has 0 aliphatic heterocycles. The molecule has 1 aromatic carbocycles. The molecule has 0 saturated carbocycles. The minimum absolute atomic E-state index is 0.00827. The first-order chi connectivity index (χ1) is 9.86. The first-order valence-electron chi connectivity index (χ1n) is 6.14. The van der Waals surface area contributed by atoms with Crippen molar-refractivity contribution in [3.63, 3.8) is 0 Å². The van der Waals surface area contributed by atoms with Crippen LogP contribution in [-0.2, 0) is 4.79 Å². The maximum Gasteiger partial charge on any atom is 0.336 e. The molecule has 1 aromatic rings. The predicted octanol–water partition coefficient (Wildman–Crippen LogP) is 0.919. The standard InChI is InChI=1S/C13H14F2N2O4/c1-2-16-11(18)3-4-17-12(19)7-5-9(14)10(15)6-8(7)13(20)21/h5-6H,2-4H2,1H3,(H,16,18)(H,17,19)(H,20,21). The Labute approximate surface area is 119 Å². The molecule has 6 nitrogen and oxygen atoms in total. The number of halogens is 2. The Bertz CT molecular complexity index is 576. The second kappa shape index (κ2) is 7.32. The molecule has 0 saturated heterocycles. The van der Waals surface area contributed by atoms with E-state index in [1.807, 2.05) is 0 Å². The van der Waals surface area contributed by atoms with Crippen LogP contribution in [0, 0.1) is 11.6 Å². The molecule has 21 heavy (non-hydrogen) atoms. The Balaban J connectivity index is 2.80. The van der Waals surface area contributed by atoms with E-state index in [9.17, 15) is 23.2 Å². The minimum atomic E-state index is -1.55. The highest BCUT2D eigenvalue weighted by atomic mass is 19.2. The zero-order valence-electron chi connectivity index (χ0n) is 11.2. The van der Waals surface area contributed by atoms with Gasteiger partial charge in [-0.25, -0.2) is 13.6 Å². The second-order valence-corrected chi connectivity index (χ2v) is 4.08. The van der Waals surface area contributed by atoms with E-state index in [1.54, 1.807) is 6.92 Å². The van der Waals surface area contributed by atoms with Gasteiger partial charge in [-0.2, -0.15) is 0 Å². The van der Waals surface area contributed by atoms with Gasteiger partial charge in [0.05, 0.1) is 11.1 Å². The fraction of sp³-hybridized carbons (Fsp3) is 0.308. The first kappa shape index (κ1) is 16.5. The molecule has 2 amide bonds. The Kier molecular flexibility index (Phi) is 5.77. The van der Waals surface area contributed by atoms with Gasteiger partial charge in [-0.1, -0.05) is 0 Å². The van der Waals surface area contributed by atoms with Gasteiger partial charge >= 0.3 is 5.97 Å². The summed E-state index contributed by atoms with van der Waals surface area (Å²) in [6.45, 7) is 2.12. The molecule has 0 unspecified atom stereocenters. The van der Waals surface area contributed by atoms with Gasteiger partial charge < -0.3 is 15.7 Å². The topological polar surface area (TPSA) is 95.5 Å². The van der Waals surface area contributed by atoms with Gasteiger partial charge in [-0.05, 0) is 19.1 Å². The number of hydrogen-bond acceptors (Lipinski definition) is 3. The van der Waals surface area contributed by atoms with Crippen LogP contribution in [0.2, 0.25) is 0 Å². The van der Waals surface area contributed by atoms with Crippen molar-refractivity contribution in [1.82, 2.24) is 10.6 Å². The highest BCUT2D eigenvalue weighted by Crippen LogP contribution is 2.15. The van der Waals surface area contributed by atoms with E-state index in [1.165, 1.54) is 0 Å². The van der Waals surface area contributed by atoms with Crippen molar-refractivity contribution in [2.45, 2.75) is 13.3 Å². The Morgan fingerprint density at radius 1 is 1.10 bits per heavy atom. The van der Waals surface area contributed by atoms with Crippen molar-refractivity contribution in [2.24, 2.45) is 0 Å². The molecule has 0 radical (unpaired) electrons. The quantitative estimate of drug-likeness (QED) is 0.728. The van der Waals surface area contributed by atoms with Crippen LogP contribution in [0.3, 0.4) is 0 Å². The smallest absolute Gasteiger partial charge is 0.336 e. The van der Waals surface area contributed by atoms with Crippen LogP contribution < -0.4 is 10.6 Å². The van der Waals surface area contributed by atoms with Gasteiger partial charge in [0, 0.05) is 19.5 Å². The summed E-state index contributed by atoms with van der Waals surface area (Å²) in [4.78, 5) is 33.9. The van der Waals surface area contributed by atoms with Crippen molar-refractivity contribution in [3.8, 4) is 0 Å². The van der Waals surface area contributed by atoms with Crippen molar-refractivity contribution >= 4 is 17.8 Å². The van der Waals surface area contributed by atoms with Crippen molar-refractivity contribution in [1.29, 1.82) is 0 Å². The van der Waals surface area contributed by atoms with Crippen molar-refractivity contribution in [3.05, 3.63) is 34.9 Å². The highest BCUT2D eigenvalue weighted by Gasteiger charge is 2.20. The third kappa shape index (κ3) is 4.51. The van der Waals surface area contributed by atoms with Crippen LogP contribution in [0.5, 0.6) is 0 Å². The van der Waals surface area contributed by atoms with Crippen molar-refractivity contribution in [2.75, 3.05) is 13.1 Å². The second-order valence-electron chi connectivity index (χ2n) is 4.08. The summed E-state index contributed by atoms with van der Waals surface area (Å²) in [5.41, 5.74) is -1.15. The molecule has 8 heteroatoms. The summed E-state index contributed by atoms with van der Waals surface area (Å²) < 4.78 is 26.1. The Morgan fingerprint density at radius 2 is 1.67 bits per heavy atom. The number of nitrogens with one attached hydrogen (secondary N) is 2. The maximum atomic E-state index is 13.1. The molecule has 1 rings (SSSR count). The largest absolute Gasteiger partial charge is 0.478 e. The number of rotatable bonds is 6. The van der Waals surface area contributed by atoms with E-state index in [4.69, 9.17) is 5.11 Å². The summed E-state index contributed by atoms with van der Waals surface area (Å²) in [5, 5.41) is 13.7. The van der Waals surface area contributed by atoms with Gasteiger partial charge in [0.25, 0.3) is 5.91 Å². The monoisotopic (exact) mass is 300 g/mol. The van der Waals surface area contributed by atoms with Gasteiger partial charge in [0.2, 0.25) is 5.91 Å². The lowest BCUT2D eigenvalue weighted by atomic mass is 10.1. The van der Waals surface area contributed by atoms with Crippen LogP contribution in [0.25, 0.3) is 0 Å². The van der Waals surface area contributed by atoms with Gasteiger partial charge in [-0.15, -0.1) is 0 Å². The average molecular weight is 300 g/mol. The third-order valence-corrected chi connectivity index (χ3v) is 2.55. The fourth-order valence-electron chi connectivity index (χ4n) is 1.58. The molecular weight excluding hydrogens is 286 g/mol. The lowest BCUT2D eigenvalue weighted by molar-refractivity contribution is -0.120. The number of carboxylic acid groups (broad SMARTS) is 1. The molecule has 0 atom stereocenters. The summed E-state index contributed by atoms with van der Waals surface area (Å²) in [6.07, 6.45) is -0.00827.